The van der Waals surface area contributed by atoms with Crippen LogP contribution < -0.4 is 5.32 Å². The molecule has 1 aromatic heterocycles. The van der Waals surface area contributed by atoms with Crippen LogP contribution in [0.2, 0.25) is 10.0 Å². The molecule has 0 spiro atoms. The third-order valence-electron chi connectivity index (χ3n) is 2.74. The molecule has 1 heterocycles. The summed E-state index contributed by atoms with van der Waals surface area (Å²) >= 11 is 12.0. The van der Waals surface area contributed by atoms with E-state index in [1.807, 2.05) is 13.8 Å². The highest BCUT2D eigenvalue weighted by molar-refractivity contribution is 6.36. The quantitative estimate of drug-likeness (QED) is 0.857. The molecule has 6 heteroatoms. The number of benzene rings is 1. The lowest BCUT2D eigenvalue weighted by Gasteiger charge is -2.16. The molecule has 0 aliphatic heterocycles. The van der Waals surface area contributed by atoms with E-state index >= 15 is 0 Å². The van der Waals surface area contributed by atoms with E-state index in [4.69, 9.17) is 27.6 Å². The van der Waals surface area contributed by atoms with Crippen LogP contribution in [0.4, 0.5) is 4.39 Å². The highest BCUT2D eigenvalue weighted by atomic mass is 35.5. The van der Waals surface area contributed by atoms with Crippen molar-refractivity contribution >= 4 is 23.2 Å². The zero-order valence-corrected chi connectivity index (χ0v) is 12.0. The highest BCUT2D eigenvalue weighted by Crippen LogP contribution is 2.32. The van der Waals surface area contributed by atoms with Crippen molar-refractivity contribution in [2.75, 3.05) is 0 Å². The van der Waals surface area contributed by atoms with Gasteiger partial charge in [-0.1, -0.05) is 23.2 Å². The van der Waals surface area contributed by atoms with Crippen molar-refractivity contribution in [1.29, 1.82) is 0 Å². The van der Waals surface area contributed by atoms with Crippen LogP contribution in [0.1, 0.15) is 30.2 Å². The van der Waals surface area contributed by atoms with Crippen LogP contribution in [0.15, 0.2) is 22.7 Å². The minimum Gasteiger partial charge on any atom is -0.445 e. The monoisotopic (exact) mass is 302 g/mol. The highest BCUT2D eigenvalue weighted by Gasteiger charge is 2.17. The van der Waals surface area contributed by atoms with E-state index in [-0.39, 0.29) is 11.1 Å². The number of aromatic nitrogens is 1. The van der Waals surface area contributed by atoms with Crippen molar-refractivity contribution < 1.29 is 8.81 Å². The van der Waals surface area contributed by atoms with Crippen LogP contribution in [-0.4, -0.2) is 4.98 Å². The molecule has 1 aromatic carbocycles. The first-order chi connectivity index (χ1) is 8.99. The number of aryl methyl sites for hydroxylation is 1. The fraction of sp³-hybridized carbons (Fsp3) is 0.308. The summed E-state index contributed by atoms with van der Waals surface area (Å²) in [6, 6.07) is 2.52. The SMILES string of the molecule is Cc1cnc(CNC(C)c2c(Cl)ccc(F)c2Cl)o1. The van der Waals surface area contributed by atoms with Crippen LogP contribution >= 0.6 is 23.2 Å². The summed E-state index contributed by atoms with van der Waals surface area (Å²) in [4.78, 5) is 4.07. The molecule has 0 saturated heterocycles. The van der Waals surface area contributed by atoms with Crippen LogP contribution in [0, 0.1) is 12.7 Å². The molecule has 102 valence electrons. The Labute approximate surface area is 120 Å². The summed E-state index contributed by atoms with van der Waals surface area (Å²) in [6.07, 6.45) is 1.64. The van der Waals surface area contributed by atoms with Gasteiger partial charge in [-0.25, -0.2) is 9.37 Å². The molecule has 19 heavy (non-hydrogen) atoms. The first-order valence-electron chi connectivity index (χ1n) is 5.77. The minimum absolute atomic E-state index is 0.0380. The number of oxazole rings is 1. The average molecular weight is 303 g/mol. The van der Waals surface area contributed by atoms with Gasteiger partial charge in [0.15, 0.2) is 0 Å². The van der Waals surface area contributed by atoms with Crippen LogP contribution in [0.3, 0.4) is 0 Å². The molecule has 1 unspecified atom stereocenters. The molecule has 0 amide bonds. The zero-order chi connectivity index (χ0) is 14.0. The summed E-state index contributed by atoms with van der Waals surface area (Å²) in [5, 5.41) is 3.61. The molecule has 0 fully saturated rings. The second-order valence-electron chi connectivity index (χ2n) is 4.22. The predicted octanol–water partition coefficient (Wildman–Crippen LogP) is 4.28. The van der Waals surface area contributed by atoms with Gasteiger partial charge in [-0.05, 0) is 26.0 Å². The van der Waals surface area contributed by atoms with E-state index < -0.39 is 5.82 Å². The van der Waals surface area contributed by atoms with E-state index in [9.17, 15) is 4.39 Å². The number of nitrogens with one attached hydrogen (secondary N) is 1. The molecular formula is C13H13Cl2FN2O. The van der Waals surface area contributed by atoms with Crippen LogP contribution in [-0.2, 0) is 6.54 Å². The summed E-state index contributed by atoms with van der Waals surface area (Å²) in [5.74, 6) is 0.820. The molecule has 0 radical (unpaired) electrons. The number of rotatable bonds is 4. The van der Waals surface area contributed by atoms with Crippen molar-refractivity contribution in [3.63, 3.8) is 0 Å². The van der Waals surface area contributed by atoms with Gasteiger partial charge in [-0.15, -0.1) is 0 Å². The van der Waals surface area contributed by atoms with Crippen molar-refractivity contribution in [1.82, 2.24) is 10.3 Å². The smallest absolute Gasteiger partial charge is 0.208 e. The maximum Gasteiger partial charge on any atom is 0.208 e. The maximum atomic E-state index is 13.4. The van der Waals surface area contributed by atoms with E-state index in [1.165, 1.54) is 12.1 Å². The van der Waals surface area contributed by atoms with Gasteiger partial charge in [0.05, 0.1) is 17.8 Å². The van der Waals surface area contributed by atoms with E-state index in [0.29, 0.717) is 23.0 Å². The molecule has 2 rings (SSSR count). The lowest BCUT2D eigenvalue weighted by Crippen LogP contribution is -2.19. The van der Waals surface area contributed by atoms with Gasteiger partial charge in [0.2, 0.25) is 5.89 Å². The van der Waals surface area contributed by atoms with Crippen LogP contribution in [0.25, 0.3) is 0 Å². The van der Waals surface area contributed by atoms with E-state index in [1.54, 1.807) is 6.20 Å². The Morgan fingerprint density at radius 3 is 2.79 bits per heavy atom. The Kier molecular flexibility index (Phi) is 4.45. The van der Waals surface area contributed by atoms with Crippen molar-refractivity contribution in [2.45, 2.75) is 26.4 Å². The van der Waals surface area contributed by atoms with E-state index in [2.05, 4.69) is 10.3 Å². The molecule has 0 aliphatic rings. The summed E-state index contributed by atoms with van der Waals surface area (Å²) < 4.78 is 18.8. The molecule has 1 N–H and O–H groups in total. The van der Waals surface area contributed by atoms with E-state index in [0.717, 1.165) is 5.76 Å². The van der Waals surface area contributed by atoms with Gasteiger partial charge in [0.1, 0.15) is 11.6 Å². The lowest BCUT2D eigenvalue weighted by atomic mass is 10.1. The lowest BCUT2D eigenvalue weighted by molar-refractivity contribution is 0.432. The summed E-state index contributed by atoms with van der Waals surface area (Å²) in [5.41, 5.74) is 0.534. The number of hydrogen-bond donors (Lipinski definition) is 1. The average Bonchev–Trinajstić information content (AvgIpc) is 2.78. The van der Waals surface area contributed by atoms with Gasteiger partial charge in [0, 0.05) is 16.6 Å². The normalized spacial score (nSPS) is 12.7. The number of hydrogen-bond acceptors (Lipinski definition) is 3. The van der Waals surface area contributed by atoms with Crippen molar-refractivity contribution in [3.05, 3.63) is 51.4 Å². The third kappa shape index (κ3) is 3.26. The summed E-state index contributed by atoms with van der Waals surface area (Å²) in [7, 11) is 0. The zero-order valence-electron chi connectivity index (χ0n) is 10.5. The molecule has 0 bridgehead atoms. The Hall–Kier alpha value is -1.10. The van der Waals surface area contributed by atoms with Gasteiger partial charge in [0.25, 0.3) is 0 Å². The number of nitrogens with zero attached hydrogens (tertiary/aromatic N) is 1. The van der Waals surface area contributed by atoms with Gasteiger partial charge in [-0.3, -0.25) is 0 Å². The summed E-state index contributed by atoms with van der Waals surface area (Å²) in [6.45, 7) is 4.08. The predicted molar refractivity (Wildman–Crippen MR) is 72.9 cm³/mol. The Bertz CT molecular complexity index is 586. The molecule has 3 nitrogen and oxygen atoms in total. The number of halogens is 3. The topological polar surface area (TPSA) is 38.1 Å². The molecule has 0 saturated carbocycles. The van der Waals surface area contributed by atoms with Crippen molar-refractivity contribution in [3.8, 4) is 0 Å². The fourth-order valence-corrected chi connectivity index (χ4v) is 2.46. The van der Waals surface area contributed by atoms with Crippen molar-refractivity contribution in [2.24, 2.45) is 0 Å². The first-order valence-corrected chi connectivity index (χ1v) is 6.52. The largest absolute Gasteiger partial charge is 0.445 e. The first kappa shape index (κ1) is 14.3. The third-order valence-corrected chi connectivity index (χ3v) is 3.45. The maximum absolute atomic E-state index is 13.4. The Balaban J connectivity index is 2.12. The fourth-order valence-electron chi connectivity index (χ4n) is 1.77. The standard InChI is InChI=1S/C13H13Cl2FN2O/c1-7-5-18-11(19-7)6-17-8(2)12-9(14)3-4-10(16)13(12)15/h3-5,8,17H,6H2,1-2H3. The second-order valence-corrected chi connectivity index (χ2v) is 5.01. The molecule has 2 aromatic rings. The molecule has 0 aliphatic carbocycles. The Morgan fingerprint density at radius 1 is 1.42 bits per heavy atom. The van der Waals surface area contributed by atoms with Gasteiger partial charge in [-0.2, -0.15) is 0 Å². The second kappa shape index (κ2) is 5.90. The minimum atomic E-state index is -0.485. The van der Waals surface area contributed by atoms with Gasteiger partial charge >= 0.3 is 0 Å². The molecular weight excluding hydrogens is 290 g/mol. The Morgan fingerprint density at radius 2 is 2.16 bits per heavy atom. The van der Waals surface area contributed by atoms with Gasteiger partial charge < -0.3 is 9.73 Å². The van der Waals surface area contributed by atoms with Crippen LogP contribution in [0.5, 0.6) is 0 Å². The molecule has 1 atom stereocenters.